The highest BCUT2D eigenvalue weighted by molar-refractivity contribution is 5.96. The molecule has 2 nitrogen and oxygen atoms in total. The van der Waals surface area contributed by atoms with Crippen LogP contribution in [0, 0.1) is 0 Å². The molecule has 1 aromatic rings. The van der Waals surface area contributed by atoms with Crippen molar-refractivity contribution in [1.82, 2.24) is 0 Å². The van der Waals surface area contributed by atoms with Gasteiger partial charge >= 0.3 is 0 Å². The first-order chi connectivity index (χ1) is 10.0. The summed E-state index contributed by atoms with van der Waals surface area (Å²) in [5.74, 6) is 1.18. The zero-order valence-electron chi connectivity index (χ0n) is 15.6. The normalized spacial score (nSPS) is 12.4. The van der Waals surface area contributed by atoms with Gasteiger partial charge in [-0.15, -0.1) is 0 Å². The molecule has 0 aromatic heterocycles. The molecule has 0 spiro atoms. The van der Waals surface area contributed by atoms with Gasteiger partial charge in [-0.25, -0.2) is 0 Å². The van der Waals surface area contributed by atoms with Crippen LogP contribution in [0.3, 0.4) is 0 Å². The van der Waals surface area contributed by atoms with Crippen molar-refractivity contribution < 1.29 is 9.53 Å². The molecule has 0 saturated heterocycles. The predicted octanol–water partition coefficient (Wildman–Crippen LogP) is 5.66. The van der Waals surface area contributed by atoms with Crippen LogP contribution in [0.1, 0.15) is 89.7 Å². The Labute approximate surface area is 136 Å². The largest absolute Gasteiger partial charge is 0.493 e. The Balaban J connectivity index is 3.64. The summed E-state index contributed by atoms with van der Waals surface area (Å²) in [6, 6.07) is 4.08. The van der Waals surface area contributed by atoms with Gasteiger partial charge in [-0.1, -0.05) is 48.5 Å². The third kappa shape index (κ3) is 4.34. The lowest BCUT2D eigenvalue weighted by molar-refractivity contribution is 0.0981. The van der Waals surface area contributed by atoms with Crippen molar-refractivity contribution in [2.75, 3.05) is 6.61 Å². The molecular weight excluding hydrogens is 272 g/mol. The second-order valence-corrected chi connectivity index (χ2v) is 8.01. The molecule has 1 rings (SSSR count). The van der Waals surface area contributed by atoms with Gasteiger partial charge in [0, 0.05) is 23.1 Å². The van der Waals surface area contributed by atoms with E-state index in [1.165, 1.54) is 0 Å². The predicted molar refractivity (Wildman–Crippen MR) is 94.2 cm³/mol. The van der Waals surface area contributed by atoms with E-state index in [-0.39, 0.29) is 16.6 Å². The maximum Gasteiger partial charge on any atom is 0.162 e. The highest BCUT2D eigenvalue weighted by Gasteiger charge is 2.28. The number of hydrogen-bond donors (Lipinski definition) is 0. The average molecular weight is 304 g/mol. The Hall–Kier alpha value is -1.31. The number of benzene rings is 1. The van der Waals surface area contributed by atoms with Crippen LogP contribution in [-0.4, -0.2) is 12.4 Å². The summed E-state index contributed by atoms with van der Waals surface area (Å²) in [6.07, 6.45) is 1.48. The van der Waals surface area contributed by atoms with E-state index in [0.29, 0.717) is 13.0 Å². The maximum atomic E-state index is 12.4. The second kappa shape index (κ2) is 6.85. The van der Waals surface area contributed by atoms with Gasteiger partial charge in [-0.3, -0.25) is 4.79 Å². The molecule has 0 saturated carbocycles. The molecule has 0 heterocycles. The van der Waals surface area contributed by atoms with Gasteiger partial charge in [-0.05, 0) is 36.3 Å². The minimum Gasteiger partial charge on any atom is -0.493 e. The molecule has 0 aliphatic rings. The van der Waals surface area contributed by atoms with E-state index in [1.54, 1.807) is 0 Å². The lowest BCUT2D eigenvalue weighted by Gasteiger charge is -2.30. The standard InChI is InChI=1S/C20H32O2/c1-9-11-17(21)14-12-15(19(3,4)5)18(22-10-2)16(13-14)20(6,7)8/h12-13H,9-11H2,1-8H3. The topological polar surface area (TPSA) is 26.3 Å². The fourth-order valence-corrected chi connectivity index (χ4v) is 2.58. The zero-order valence-corrected chi connectivity index (χ0v) is 15.6. The van der Waals surface area contributed by atoms with Gasteiger partial charge in [-0.2, -0.15) is 0 Å². The molecule has 0 aliphatic heterocycles. The molecule has 0 N–H and O–H groups in total. The van der Waals surface area contributed by atoms with E-state index in [2.05, 4.69) is 41.5 Å². The lowest BCUT2D eigenvalue weighted by Crippen LogP contribution is -2.21. The van der Waals surface area contributed by atoms with Crippen molar-refractivity contribution in [2.45, 2.75) is 79.1 Å². The number of carbonyl (C=O) groups excluding carboxylic acids is 1. The molecule has 0 bridgehead atoms. The number of carbonyl (C=O) groups is 1. The third-order valence-electron chi connectivity index (χ3n) is 3.79. The van der Waals surface area contributed by atoms with Crippen LogP contribution < -0.4 is 4.74 Å². The van der Waals surface area contributed by atoms with E-state index >= 15 is 0 Å². The van der Waals surface area contributed by atoms with Gasteiger partial charge in [0.2, 0.25) is 0 Å². The number of rotatable bonds is 5. The summed E-state index contributed by atoms with van der Waals surface area (Å²) >= 11 is 0. The van der Waals surface area contributed by atoms with Gasteiger partial charge in [0.05, 0.1) is 6.61 Å². The quantitative estimate of drug-likeness (QED) is 0.656. The first-order valence-electron chi connectivity index (χ1n) is 8.37. The average Bonchev–Trinajstić information content (AvgIpc) is 2.36. The van der Waals surface area contributed by atoms with Gasteiger partial charge in [0.25, 0.3) is 0 Å². The monoisotopic (exact) mass is 304 g/mol. The molecule has 0 unspecified atom stereocenters. The SMILES string of the molecule is CCCC(=O)c1cc(C(C)(C)C)c(OCC)c(C(C)(C)C)c1. The van der Waals surface area contributed by atoms with Gasteiger partial charge in [0.15, 0.2) is 5.78 Å². The van der Waals surface area contributed by atoms with Crippen LogP contribution >= 0.6 is 0 Å². The Kier molecular flexibility index (Phi) is 5.83. The Morgan fingerprint density at radius 3 is 1.73 bits per heavy atom. The highest BCUT2D eigenvalue weighted by atomic mass is 16.5. The Morgan fingerprint density at radius 2 is 1.41 bits per heavy atom. The maximum absolute atomic E-state index is 12.4. The Morgan fingerprint density at radius 1 is 0.955 bits per heavy atom. The zero-order chi connectivity index (χ0) is 17.1. The van der Waals surface area contributed by atoms with Gasteiger partial charge in [0.1, 0.15) is 5.75 Å². The number of ether oxygens (including phenoxy) is 1. The fourth-order valence-electron chi connectivity index (χ4n) is 2.58. The van der Waals surface area contributed by atoms with Crippen molar-refractivity contribution in [2.24, 2.45) is 0 Å². The minimum absolute atomic E-state index is 0.0625. The van der Waals surface area contributed by atoms with E-state index in [9.17, 15) is 4.79 Å². The van der Waals surface area contributed by atoms with Crippen molar-refractivity contribution in [1.29, 1.82) is 0 Å². The summed E-state index contributed by atoms with van der Waals surface area (Å²) in [5, 5.41) is 0. The van der Waals surface area contributed by atoms with Crippen LogP contribution in [0.25, 0.3) is 0 Å². The molecule has 0 fully saturated rings. The molecule has 0 atom stereocenters. The molecule has 0 aliphatic carbocycles. The summed E-state index contributed by atoms with van der Waals surface area (Å²) < 4.78 is 6.00. The van der Waals surface area contributed by atoms with Crippen molar-refractivity contribution in [3.05, 3.63) is 28.8 Å². The van der Waals surface area contributed by atoms with E-state index in [4.69, 9.17) is 4.74 Å². The molecule has 0 radical (unpaired) electrons. The van der Waals surface area contributed by atoms with Crippen LogP contribution in [0.4, 0.5) is 0 Å². The molecule has 1 aromatic carbocycles. The number of Topliss-reactive ketones (excluding diaryl/α,β-unsaturated/α-hetero) is 1. The third-order valence-corrected chi connectivity index (χ3v) is 3.79. The first kappa shape index (κ1) is 18.7. The molecular formula is C20H32O2. The summed E-state index contributed by atoms with van der Waals surface area (Å²) in [4.78, 5) is 12.4. The number of ketones is 1. The van der Waals surface area contributed by atoms with Crippen LogP contribution in [0.2, 0.25) is 0 Å². The molecule has 2 heteroatoms. The molecule has 0 amide bonds. The van der Waals surface area contributed by atoms with Crippen LogP contribution in [0.15, 0.2) is 12.1 Å². The highest BCUT2D eigenvalue weighted by Crippen LogP contribution is 2.41. The summed E-state index contributed by atoms with van der Waals surface area (Å²) in [5.41, 5.74) is 2.95. The second-order valence-electron chi connectivity index (χ2n) is 8.01. The summed E-state index contributed by atoms with van der Waals surface area (Å²) in [7, 11) is 0. The molecule has 22 heavy (non-hydrogen) atoms. The smallest absolute Gasteiger partial charge is 0.162 e. The lowest BCUT2D eigenvalue weighted by atomic mass is 9.78. The first-order valence-corrected chi connectivity index (χ1v) is 8.37. The van der Waals surface area contributed by atoms with Crippen molar-refractivity contribution in [3.8, 4) is 5.75 Å². The Bertz CT molecular complexity index is 493. The number of hydrogen-bond acceptors (Lipinski definition) is 2. The van der Waals surface area contributed by atoms with Crippen molar-refractivity contribution in [3.63, 3.8) is 0 Å². The van der Waals surface area contributed by atoms with E-state index in [1.807, 2.05) is 26.0 Å². The van der Waals surface area contributed by atoms with Crippen LogP contribution in [-0.2, 0) is 10.8 Å². The van der Waals surface area contributed by atoms with Gasteiger partial charge < -0.3 is 4.74 Å². The van der Waals surface area contributed by atoms with Crippen LogP contribution in [0.5, 0.6) is 5.75 Å². The van der Waals surface area contributed by atoms with Crippen molar-refractivity contribution >= 4 is 5.78 Å². The van der Waals surface area contributed by atoms with E-state index in [0.717, 1.165) is 28.9 Å². The minimum atomic E-state index is -0.0625. The van der Waals surface area contributed by atoms with E-state index < -0.39 is 0 Å². The summed E-state index contributed by atoms with van der Waals surface area (Å²) in [6.45, 7) is 17.7. The fraction of sp³-hybridized carbons (Fsp3) is 0.650. The molecule has 124 valence electrons.